The molecular formula is C12H15NO4. The Bertz CT molecular complexity index is 445. The van der Waals surface area contributed by atoms with E-state index in [1.54, 1.807) is 19.1 Å². The monoisotopic (exact) mass is 237 g/mol. The molecule has 17 heavy (non-hydrogen) atoms. The van der Waals surface area contributed by atoms with Gasteiger partial charge in [-0.25, -0.2) is 4.79 Å². The number of carboxylic acid groups (broad SMARTS) is 1. The van der Waals surface area contributed by atoms with Gasteiger partial charge in [-0.05, 0) is 32.9 Å². The molecule has 0 aliphatic rings. The van der Waals surface area contributed by atoms with E-state index < -0.39 is 11.9 Å². The minimum atomic E-state index is -1.09. The molecule has 0 spiro atoms. The SMILES string of the molecule is C/C(C(=O)O)=C(\C)C(=O)N[C@@H](C)c1ccco1. The van der Waals surface area contributed by atoms with Crippen LogP contribution in [0.2, 0.25) is 0 Å². The molecule has 0 fully saturated rings. The van der Waals surface area contributed by atoms with Crippen LogP contribution in [0.1, 0.15) is 32.6 Å². The molecule has 0 aromatic carbocycles. The van der Waals surface area contributed by atoms with Gasteiger partial charge >= 0.3 is 5.97 Å². The Balaban J connectivity index is 2.74. The van der Waals surface area contributed by atoms with Crippen LogP contribution in [0, 0.1) is 0 Å². The number of carbonyl (C=O) groups is 2. The third-order valence-corrected chi connectivity index (χ3v) is 2.54. The molecule has 92 valence electrons. The second kappa shape index (κ2) is 5.34. The number of carbonyl (C=O) groups excluding carboxylic acids is 1. The number of aliphatic carboxylic acids is 1. The quantitative estimate of drug-likeness (QED) is 0.783. The van der Waals surface area contributed by atoms with Crippen LogP contribution < -0.4 is 5.32 Å². The van der Waals surface area contributed by atoms with Gasteiger partial charge in [0.1, 0.15) is 5.76 Å². The first-order chi connectivity index (χ1) is 7.93. The van der Waals surface area contributed by atoms with Crippen LogP contribution in [0.4, 0.5) is 0 Å². The van der Waals surface area contributed by atoms with Crippen molar-refractivity contribution in [2.75, 3.05) is 0 Å². The molecule has 0 radical (unpaired) electrons. The Morgan fingerprint density at radius 1 is 1.35 bits per heavy atom. The molecule has 1 atom stereocenters. The highest BCUT2D eigenvalue weighted by atomic mass is 16.4. The zero-order chi connectivity index (χ0) is 13.0. The number of hydrogen-bond donors (Lipinski definition) is 2. The van der Waals surface area contributed by atoms with E-state index in [-0.39, 0.29) is 17.2 Å². The van der Waals surface area contributed by atoms with Crippen LogP contribution in [0.15, 0.2) is 34.0 Å². The van der Waals surface area contributed by atoms with E-state index in [1.807, 2.05) is 0 Å². The summed E-state index contributed by atoms with van der Waals surface area (Å²) >= 11 is 0. The maximum atomic E-state index is 11.7. The molecule has 0 aliphatic heterocycles. The summed E-state index contributed by atoms with van der Waals surface area (Å²) < 4.78 is 5.14. The minimum absolute atomic E-state index is 0.0362. The average Bonchev–Trinajstić information content (AvgIpc) is 2.80. The standard InChI is InChI=1S/C12H15NO4/c1-7(8(2)12(15)16)11(14)13-9(3)10-5-4-6-17-10/h4-6,9H,1-3H3,(H,13,14)(H,15,16)/b8-7-/t9-/m0/s1. The van der Waals surface area contributed by atoms with Crippen LogP contribution in [0.5, 0.6) is 0 Å². The molecule has 1 amide bonds. The van der Waals surface area contributed by atoms with Crippen molar-refractivity contribution in [3.63, 3.8) is 0 Å². The first-order valence-electron chi connectivity index (χ1n) is 5.18. The number of rotatable bonds is 4. The number of carboxylic acids is 1. The van der Waals surface area contributed by atoms with Gasteiger partial charge in [0.2, 0.25) is 5.91 Å². The molecular weight excluding hydrogens is 222 g/mol. The van der Waals surface area contributed by atoms with Crippen molar-refractivity contribution in [2.24, 2.45) is 0 Å². The van der Waals surface area contributed by atoms with E-state index in [2.05, 4.69) is 5.32 Å². The van der Waals surface area contributed by atoms with Gasteiger partial charge in [0.15, 0.2) is 0 Å². The van der Waals surface area contributed by atoms with E-state index in [4.69, 9.17) is 9.52 Å². The lowest BCUT2D eigenvalue weighted by atomic mass is 10.1. The molecule has 2 N–H and O–H groups in total. The molecule has 1 heterocycles. The average molecular weight is 237 g/mol. The van der Waals surface area contributed by atoms with E-state index in [9.17, 15) is 9.59 Å². The van der Waals surface area contributed by atoms with Gasteiger partial charge in [-0.15, -0.1) is 0 Å². The molecule has 1 rings (SSSR count). The number of hydrogen-bond acceptors (Lipinski definition) is 3. The molecule has 0 unspecified atom stereocenters. The lowest BCUT2D eigenvalue weighted by molar-refractivity contribution is -0.133. The first kappa shape index (κ1) is 13.0. The van der Waals surface area contributed by atoms with Crippen molar-refractivity contribution < 1.29 is 19.1 Å². The molecule has 1 aromatic heterocycles. The van der Waals surface area contributed by atoms with Crippen molar-refractivity contribution in [2.45, 2.75) is 26.8 Å². The highest BCUT2D eigenvalue weighted by Crippen LogP contribution is 2.13. The minimum Gasteiger partial charge on any atom is -0.478 e. The van der Waals surface area contributed by atoms with E-state index in [1.165, 1.54) is 20.1 Å². The summed E-state index contributed by atoms with van der Waals surface area (Å²) in [5.74, 6) is -0.878. The first-order valence-corrected chi connectivity index (χ1v) is 5.18. The van der Waals surface area contributed by atoms with Crippen molar-refractivity contribution in [3.05, 3.63) is 35.3 Å². The van der Waals surface area contributed by atoms with Gasteiger partial charge in [0.25, 0.3) is 0 Å². The molecule has 5 nitrogen and oxygen atoms in total. The largest absolute Gasteiger partial charge is 0.478 e. The Hall–Kier alpha value is -2.04. The van der Waals surface area contributed by atoms with E-state index in [0.717, 1.165) is 0 Å². The molecule has 0 saturated carbocycles. The second-order valence-electron chi connectivity index (χ2n) is 3.77. The van der Waals surface area contributed by atoms with Gasteiger partial charge in [-0.3, -0.25) is 4.79 Å². The summed E-state index contributed by atoms with van der Waals surface area (Å²) in [6.45, 7) is 4.64. The third kappa shape index (κ3) is 3.21. The lowest BCUT2D eigenvalue weighted by Gasteiger charge is -2.12. The van der Waals surface area contributed by atoms with Crippen LogP contribution in [-0.2, 0) is 9.59 Å². The zero-order valence-electron chi connectivity index (χ0n) is 9.98. The summed E-state index contributed by atoms with van der Waals surface area (Å²) in [4.78, 5) is 22.4. The van der Waals surface area contributed by atoms with Crippen molar-refractivity contribution >= 4 is 11.9 Å². The summed E-state index contributed by atoms with van der Waals surface area (Å²) in [5, 5.41) is 11.4. The predicted molar refractivity (Wildman–Crippen MR) is 61.3 cm³/mol. The summed E-state index contributed by atoms with van der Waals surface area (Å²) in [6, 6.07) is 3.17. The summed E-state index contributed by atoms with van der Waals surface area (Å²) in [5.41, 5.74) is 0.227. The van der Waals surface area contributed by atoms with Gasteiger partial charge < -0.3 is 14.8 Å². The highest BCUT2D eigenvalue weighted by Gasteiger charge is 2.16. The van der Waals surface area contributed by atoms with Crippen LogP contribution in [0.3, 0.4) is 0 Å². The number of furan rings is 1. The fourth-order valence-corrected chi connectivity index (χ4v) is 1.24. The van der Waals surface area contributed by atoms with Crippen LogP contribution >= 0.6 is 0 Å². The predicted octanol–water partition coefficient (Wildman–Crippen LogP) is 1.88. The lowest BCUT2D eigenvalue weighted by Crippen LogP contribution is -2.28. The Labute approximate surface area is 99.1 Å². The second-order valence-corrected chi connectivity index (χ2v) is 3.77. The van der Waals surface area contributed by atoms with Gasteiger partial charge in [0, 0.05) is 11.1 Å². The summed E-state index contributed by atoms with van der Waals surface area (Å²) in [6.07, 6.45) is 1.52. The summed E-state index contributed by atoms with van der Waals surface area (Å²) in [7, 11) is 0. The maximum Gasteiger partial charge on any atom is 0.331 e. The maximum absolute atomic E-state index is 11.7. The Kier molecular flexibility index (Phi) is 4.09. The smallest absolute Gasteiger partial charge is 0.331 e. The fourth-order valence-electron chi connectivity index (χ4n) is 1.24. The van der Waals surface area contributed by atoms with Gasteiger partial charge in [-0.1, -0.05) is 0 Å². The topological polar surface area (TPSA) is 79.5 Å². The fraction of sp³-hybridized carbons (Fsp3) is 0.333. The number of amides is 1. The molecule has 5 heteroatoms. The van der Waals surface area contributed by atoms with E-state index >= 15 is 0 Å². The van der Waals surface area contributed by atoms with Crippen LogP contribution in [0.25, 0.3) is 0 Å². The Morgan fingerprint density at radius 3 is 2.47 bits per heavy atom. The van der Waals surface area contributed by atoms with Crippen molar-refractivity contribution in [1.82, 2.24) is 5.32 Å². The van der Waals surface area contributed by atoms with E-state index in [0.29, 0.717) is 5.76 Å². The van der Waals surface area contributed by atoms with Crippen LogP contribution in [-0.4, -0.2) is 17.0 Å². The highest BCUT2D eigenvalue weighted by molar-refractivity contribution is 6.01. The van der Waals surface area contributed by atoms with Gasteiger partial charge in [0.05, 0.1) is 12.3 Å². The van der Waals surface area contributed by atoms with Crippen molar-refractivity contribution in [1.29, 1.82) is 0 Å². The number of nitrogens with one attached hydrogen (secondary N) is 1. The Morgan fingerprint density at radius 2 is 2.00 bits per heavy atom. The molecule has 0 aliphatic carbocycles. The zero-order valence-corrected chi connectivity index (χ0v) is 9.98. The molecule has 0 bridgehead atoms. The normalized spacial score (nSPS) is 13.8. The molecule has 1 aromatic rings. The third-order valence-electron chi connectivity index (χ3n) is 2.54. The van der Waals surface area contributed by atoms with Crippen molar-refractivity contribution in [3.8, 4) is 0 Å². The molecule has 0 saturated heterocycles. The van der Waals surface area contributed by atoms with Gasteiger partial charge in [-0.2, -0.15) is 0 Å².